The number of furan rings is 1. The summed E-state index contributed by atoms with van der Waals surface area (Å²) in [6.45, 7) is 2.20. The first-order valence-electron chi connectivity index (χ1n) is 29.6. The van der Waals surface area contributed by atoms with E-state index < -0.39 is 5.91 Å². The predicted molar refractivity (Wildman–Crippen MR) is 360 cm³/mol. The maximum atomic E-state index is 12.5. The lowest BCUT2D eigenvalue weighted by Gasteiger charge is -2.17. The van der Waals surface area contributed by atoms with Gasteiger partial charge in [0, 0.05) is 42.8 Å². The van der Waals surface area contributed by atoms with Crippen molar-refractivity contribution < 1.29 is 33.1 Å². The number of aryl methyl sites for hydroxylation is 4. The van der Waals surface area contributed by atoms with Crippen molar-refractivity contribution in [2.45, 2.75) is 103 Å². The lowest BCUT2D eigenvalue weighted by molar-refractivity contribution is -0.112. The number of nitriles is 3. The van der Waals surface area contributed by atoms with Gasteiger partial charge in [0.1, 0.15) is 49.7 Å². The van der Waals surface area contributed by atoms with Crippen LogP contribution in [0.2, 0.25) is 0 Å². The Morgan fingerprint density at radius 1 is 0.600 bits per heavy atom. The van der Waals surface area contributed by atoms with Gasteiger partial charge in [-0.25, -0.2) is 4.98 Å². The number of ether oxygens (including phenoxy) is 1. The molecule has 9 aromatic rings. The zero-order valence-corrected chi connectivity index (χ0v) is 53.6. The minimum absolute atomic E-state index is 0.174. The van der Waals surface area contributed by atoms with Gasteiger partial charge in [-0.1, -0.05) is 49.7 Å². The second-order valence-electron chi connectivity index (χ2n) is 21.7. The Kier molecular flexibility index (Phi) is 21.5. The number of rotatable bonds is 12. The van der Waals surface area contributed by atoms with E-state index >= 15 is 0 Å². The molecule has 0 spiro atoms. The third-order valence-electron chi connectivity index (χ3n) is 15.6. The summed E-state index contributed by atoms with van der Waals surface area (Å²) in [4.78, 5) is 70.0. The van der Waals surface area contributed by atoms with Crippen LogP contribution in [0.1, 0.15) is 153 Å². The minimum atomic E-state index is -0.461. The number of nitrogens with two attached hydrogens (primary N) is 1. The second kappa shape index (κ2) is 30.3. The lowest BCUT2D eigenvalue weighted by Crippen LogP contribution is -2.16. The molecule has 1 unspecified atom stereocenters. The van der Waals surface area contributed by atoms with Crippen molar-refractivity contribution in [2.24, 2.45) is 11.7 Å². The third kappa shape index (κ3) is 15.6. The zero-order valence-electron chi connectivity index (χ0n) is 49.5. The summed E-state index contributed by atoms with van der Waals surface area (Å²) in [5.41, 5.74) is 17.1. The SMILES string of the molecule is COc1cccc(C(=O)Nc2sc3c(c2C#N)CC(C)CC3)c1.N#Cc1c(NC(=O)/C=C/c2ccco2)sc2c1CCCC2.N#Cc1c(NC(=O)c2ccc3ncsc3c2)sc2c1CCC2.NC(=O)c1c(NC(=O)/C=C/c2ccccc2)sc2c1CCCCC2. The first-order valence-corrected chi connectivity index (χ1v) is 33.7. The molecule has 5 amide bonds. The molecule has 6 aromatic heterocycles. The Balaban J connectivity index is 0.000000132. The number of nitrogens with zero attached hydrogens (tertiary/aromatic N) is 4. The number of benzene rings is 3. The molecule has 21 heteroatoms. The Morgan fingerprint density at radius 3 is 1.83 bits per heavy atom. The fourth-order valence-corrected chi connectivity index (χ4v) is 16.8. The molecule has 0 radical (unpaired) electrons. The zero-order chi connectivity index (χ0) is 63.1. The summed E-state index contributed by atoms with van der Waals surface area (Å²) in [6, 6.07) is 32.3. The summed E-state index contributed by atoms with van der Waals surface area (Å²) in [5.74, 6) is 0.495. The van der Waals surface area contributed by atoms with Crippen molar-refractivity contribution >= 4 is 129 Å². The van der Waals surface area contributed by atoms with E-state index in [0.717, 1.165) is 128 Å². The van der Waals surface area contributed by atoms with Gasteiger partial charge >= 0.3 is 0 Å². The average molecular weight is 1290 g/mol. The van der Waals surface area contributed by atoms with Crippen molar-refractivity contribution in [3.63, 3.8) is 0 Å². The number of primary amides is 1. The largest absolute Gasteiger partial charge is 0.497 e. The number of thiazole rings is 1. The van der Waals surface area contributed by atoms with E-state index in [1.807, 2.05) is 42.5 Å². The molecular weight excluding hydrogens is 1230 g/mol. The highest BCUT2D eigenvalue weighted by molar-refractivity contribution is 7.18. The molecule has 4 aliphatic carbocycles. The van der Waals surface area contributed by atoms with Gasteiger partial charge in [0.05, 0.1) is 51.4 Å². The van der Waals surface area contributed by atoms with Gasteiger partial charge < -0.3 is 36.2 Å². The topological polar surface area (TPSA) is 266 Å². The van der Waals surface area contributed by atoms with E-state index in [-0.39, 0.29) is 23.6 Å². The van der Waals surface area contributed by atoms with Gasteiger partial charge in [-0.2, -0.15) is 15.8 Å². The maximum absolute atomic E-state index is 12.5. The molecular formula is C69H63N9O7S5. The van der Waals surface area contributed by atoms with E-state index in [2.05, 4.69) is 51.4 Å². The highest BCUT2D eigenvalue weighted by Gasteiger charge is 2.28. The first-order chi connectivity index (χ1) is 43.8. The van der Waals surface area contributed by atoms with Crippen LogP contribution in [0.5, 0.6) is 5.75 Å². The Hall–Kier alpha value is -9.27. The predicted octanol–water partition coefficient (Wildman–Crippen LogP) is 15.5. The second-order valence-corrected chi connectivity index (χ2v) is 27.1. The van der Waals surface area contributed by atoms with Crippen LogP contribution in [0, 0.1) is 39.9 Å². The van der Waals surface area contributed by atoms with Gasteiger partial charge in [0.2, 0.25) is 11.8 Å². The minimum Gasteiger partial charge on any atom is -0.497 e. The number of hydrogen-bond donors (Lipinski definition) is 5. The molecule has 0 aliphatic heterocycles. The quantitative estimate of drug-likeness (QED) is 0.0567. The molecule has 0 fully saturated rings. The average Bonchev–Trinajstić information content (AvgIpc) is 2.53. The maximum Gasteiger partial charge on any atom is 0.256 e. The summed E-state index contributed by atoms with van der Waals surface area (Å²) in [7, 11) is 1.57. The fraction of sp³-hybridized carbons (Fsp3) is 0.261. The van der Waals surface area contributed by atoms with E-state index in [0.29, 0.717) is 70.8 Å². The molecule has 0 saturated carbocycles. The van der Waals surface area contributed by atoms with E-state index in [9.17, 15) is 39.8 Å². The summed E-state index contributed by atoms with van der Waals surface area (Å²) in [6.07, 6.45) is 23.3. The van der Waals surface area contributed by atoms with Gasteiger partial charge in [-0.15, -0.1) is 56.7 Å². The molecule has 3 aromatic carbocycles. The summed E-state index contributed by atoms with van der Waals surface area (Å²) in [5, 5.41) is 42.2. The monoisotopic (exact) mass is 1290 g/mol. The van der Waals surface area contributed by atoms with E-state index in [4.69, 9.17) is 14.9 Å². The number of anilines is 4. The number of hydrogen-bond acceptors (Lipinski definition) is 16. The number of thiophene rings is 4. The van der Waals surface area contributed by atoms with Crippen LogP contribution in [0.3, 0.4) is 0 Å². The van der Waals surface area contributed by atoms with Crippen molar-refractivity contribution in [3.8, 4) is 24.0 Å². The molecule has 16 nitrogen and oxygen atoms in total. The van der Waals surface area contributed by atoms with E-state index in [1.165, 1.54) is 94.8 Å². The molecule has 1 atom stereocenters. The molecule has 0 saturated heterocycles. The Morgan fingerprint density at radius 2 is 1.17 bits per heavy atom. The number of carbonyl (C=O) groups is 5. The molecule has 6 N–H and O–H groups in total. The van der Waals surface area contributed by atoms with Crippen LogP contribution in [-0.4, -0.2) is 41.6 Å². The number of carbonyl (C=O) groups excluding carboxylic acids is 5. The Labute approximate surface area is 541 Å². The summed E-state index contributed by atoms with van der Waals surface area (Å²) < 4.78 is 11.3. The Bertz CT molecular complexity index is 4320. The molecule has 456 valence electrons. The third-order valence-corrected chi connectivity index (χ3v) is 21.2. The number of aromatic nitrogens is 1. The number of amides is 5. The summed E-state index contributed by atoms with van der Waals surface area (Å²) >= 11 is 7.60. The van der Waals surface area contributed by atoms with Crippen LogP contribution in [0.4, 0.5) is 20.0 Å². The van der Waals surface area contributed by atoms with Crippen LogP contribution >= 0.6 is 56.7 Å². The number of nitrogens with one attached hydrogen (secondary N) is 4. The van der Waals surface area contributed by atoms with Gasteiger partial charge in [-0.3, -0.25) is 24.0 Å². The standard InChI is InChI=1S/C19H20N2O2S.C18H18N2O2S.C16H11N3OS2.C16H14N2O2S/c20-18(23)17-14-9-5-2-6-10-15(14)24-19(17)21-16(22)12-11-13-7-3-1-4-8-13;1-11-6-7-16-14(8-11)15(10-19)18(23-16)20-17(21)12-4-3-5-13(9-12)22-2;17-7-11-10-2-1-3-13(10)22-16(11)19-15(20)9-4-5-12-14(6-9)21-8-18-12;17-10-13-12-5-1-2-6-14(12)21-16(13)18-15(19)8-7-11-4-3-9-20-11/h1,3-4,7-8,11-12H,2,5-6,9-10H2,(H2,20,23)(H,21,22);3-5,9,11H,6-8H2,1-2H3,(H,20,21);4-6,8H,1-3H2,(H,19,20);3-4,7-9H,1-2,5-6H2,(H,18,19)/b12-11+;;;8-7+. The van der Waals surface area contributed by atoms with Gasteiger partial charge in [0.25, 0.3) is 17.7 Å². The smallest absolute Gasteiger partial charge is 0.256 e. The van der Waals surface area contributed by atoms with Crippen LogP contribution in [0.25, 0.3) is 22.4 Å². The normalized spacial score (nSPS) is 14.4. The molecule has 0 bridgehead atoms. The van der Waals surface area contributed by atoms with E-state index in [1.54, 1.807) is 73.5 Å². The van der Waals surface area contributed by atoms with Crippen molar-refractivity contribution in [3.05, 3.63) is 195 Å². The van der Waals surface area contributed by atoms with Crippen LogP contribution < -0.4 is 31.7 Å². The van der Waals surface area contributed by atoms with Crippen LogP contribution in [0.15, 0.2) is 113 Å². The molecule has 90 heavy (non-hydrogen) atoms. The number of methoxy groups -OCH3 is 1. The number of fused-ring (bicyclic) bond motifs is 5. The van der Waals surface area contributed by atoms with Crippen molar-refractivity contribution in [1.29, 1.82) is 15.8 Å². The van der Waals surface area contributed by atoms with Gasteiger partial charge in [0.15, 0.2) is 0 Å². The molecule has 6 heterocycles. The highest BCUT2D eigenvalue weighted by atomic mass is 32.1. The van der Waals surface area contributed by atoms with Crippen molar-refractivity contribution in [1.82, 2.24) is 4.98 Å². The lowest BCUT2D eigenvalue weighted by atomic mass is 9.88. The molecule has 13 rings (SSSR count). The van der Waals surface area contributed by atoms with Gasteiger partial charge in [-0.05, 0) is 184 Å². The first kappa shape index (κ1) is 63.7. The molecule has 4 aliphatic rings. The highest BCUT2D eigenvalue weighted by Crippen LogP contribution is 2.42. The fourth-order valence-electron chi connectivity index (χ4n) is 11.1. The van der Waals surface area contributed by atoms with Crippen molar-refractivity contribution in [2.75, 3.05) is 28.4 Å². The van der Waals surface area contributed by atoms with Crippen LogP contribution in [-0.2, 0) is 61.0 Å².